The lowest BCUT2D eigenvalue weighted by atomic mass is 9.77. The summed E-state index contributed by atoms with van der Waals surface area (Å²) in [4.78, 5) is 13.3. The van der Waals surface area contributed by atoms with E-state index in [-0.39, 0.29) is 11.4 Å². The Morgan fingerprint density at radius 3 is 2.85 bits per heavy atom. The van der Waals surface area contributed by atoms with Gasteiger partial charge in [0.15, 0.2) is 0 Å². The van der Waals surface area contributed by atoms with Crippen LogP contribution in [0.15, 0.2) is 35.2 Å². The van der Waals surface area contributed by atoms with Crippen LogP contribution in [0, 0.1) is 5.92 Å². The van der Waals surface area contributed by atoms with Crippen LogP contribution >= 0.6 is 27.7 Å². The van der Waals surface area contributed by atoms with Crippen molar-refractivity contribution >= 4 is 33.6 Å². The first-order chi connectivity index (χ1) is 9.63. The number of amides is 1. The summed E-state index contributed by atoms with van der Waals surface area (Å²) in [5, 5.41) is 4.13. The van der Waals surface area contributed by atoms with E-state index in [1.54, 1.807) is 11.8 Å². The van der Waals surface area contributed by atoms with Crippen molar-refractivity contribution in [2.45, 2.75) is 43.0 Å². The molecule has 4 heteroatoms. The highest BCUT2D eigenvalue weighted by Crippen LogP contribution is 2.33. The molecule has 20 heavy (non-hydrogen) atoms. The van der Waals surface area contributed by atoms with E-state index in [1.165, 1.54) is 12.8 Å². The molecule has 0 radical (unpaired) electrons. The van der Waals surface area contributed by atoms with E-state index in [0.29, 0.717) is 11.7 Å². The Hall–Kier alpha value is -0.480. The van der Waals surface area contributed by atoms with Crippen molar-refractivity contribution in [2.75, 3.05) is 11.1 Å². The molecule has 1 fully saturated rings. The summed E-state index contributed by atoms with van der Waals surface area (Å²) in [5.41, 5.74) is -0.0357. The average molecular weight is 356 g/mol. The molecular weight excluding hydrogens is 334 g/mol. The number of carbonyl (C=O) groups excluding carboxylic acids is 1. The number of carbonyl (C=O) groups is 1. The van der Waals surface area contributed by atoms with Crippen LogP contribution in [-0.4, -0.2) is 22.5 Å². The summed E-state index contributed by atoms with van der Waals surface area (Å²) in [5.74, 6) is 1.34. The second-order valence-electron chi connectivity index (χ2n) is 5.77. The van der Waals surface area contributed by atoms with Crippen molar-refractivity contribution in [2.24, 2.45) is 5.92 Å². The van der Waals surface area contributed by atoms with Gasteiger partial charge in [-0.3, -0.25) is 4.79 Å². The summed E-state index contributed by atoms with van der Waals surface area (Å²) in [7, 11) is 0. The lowest BCUT2D eigenvalue weighted by Crippen LogP contribution is -2.53. The molecular formula is C16H22BrNOS. The molecule has 0 aromatic heterocycles. The Morgan fingerprint density at radius 1 is 1.45 bits per heavy atom. The molecule has 1 aromatic rings. The number of nitrogens with one attached hydrogen (secondary N) is 1. The standard InChI is InChI=1S/C16H22BrNOS/c1-13-6-5-9-16(10-13,12-17)18-15(19)11-20-14-7-3-2-4-8-14/h2-4,7-8,13H,5-6,9-12H2,1H3,(H,18,19). The molecule has 1 saturated carbocycles. The number of hydrogen-bond acceptors (Lipinski definition) is 2. The summed E-state index contributed by atoms with van der Waals surface area (Å²) in [6.45, 7) is 2.28. The largest absolute Gasteiger partial charge is 0.349 e. The van der Waals surface area contributed by atoms with Crippen LogP contribution < -0.4 is 5.32 Å². The summed E-state index contributed by atoms with van der Waals surface area (Å²) in [6.07, 6.45) is 4.66. The number of hydrogen-bond donors (Lipinski definition) is 1. The van der Waals surface area contributed by atoms with Gasteiger partial charge in [-0.15, -0.1) is 11.8 Å². The van der Waals surface area contributed by atoms with Crippen molar-refractivity contribution < 1.29 is 4.79 Å². The number of benzene rings is 1. The normalized spacial score (nSPS) is 26.2. The van der Waals surface area contributed by atoms with Gasteiger partial charge < -0.3 is 5.32 Å². The maximum absolute atomic E-state index is 12.2. The van der Waals surface area contributed by atoms with Crippen molar-refractivity contribution in [3.63, 3.8) is 0 Å². The van der Waals surface area contributed by atoms with Crippen LogP contribution in [0.3, 0.4) is 0 Å². The van der Waals surface area contributed by atoms with Gasteiger partial charge in [0.1, 0.15) is 0 Å². The molecule has 1 aliphatic rings. The highest BCUT2D eigenvalue weighted by molar-refractivity contribution is 9.09. The van der Waals surface area contributed by atoms with Crippen LogP contribution in [0.2, 0.25) is 0 Å². The Bertz CT molecular complexity index is 439. The monoisotopic (exact) mass is 355 g/mol. The molecule has 1 N–H and O–H groups in total. The van der Waals surface area contributed by atoms with Gasteiger partial charge in [-0.05, 0) is 30.9 Å². The zero-order valence-corrected chi connectivity index (χ0v) is 14.3. The lowest BCUT2D eigenvalue weighted by Gasteiger charge is -2.39. The van der Waals surface area contributed by atoms with Gasteiger partial charge >= 0.3 is 0 Å². The number of thioether (sulfide) groups is 1. The van der Waals surface area contributed by atoms with Crippen LogP contribution in [-0.2, 0) is 4.79 Å². The molecule has 2 atom stereocenters. The summed E-state index contributed by atoms with van der Waals surface area (Å²) in [6, 6.07) is 10.1. The van der Waals surface area contributed by atoms with Gasteiger partial charge in [-0.2, -0.15) is 0 Å². The second kappa shape index (κ2) is 7.51. The van der Waals surface area contributed by atoms with Crippen molar-refractivity contribution in [1.29, 1.82) is 0 Å². The van der Waals surface area contributed by atoms with E-state index < -0.39 is 0 Å². The first-order valence-corrected chi connectivity index (χ1v) is 9.29. The smallest absolute Gasteiger partial charge is 0.230 e. The third-order valence-electron chi connectivity index (χ3n) is 3.86. The average Bonchev–Trinajstić information content (AvgIpc) is 2.46. The second-order valence-corrected chi connectivity index (χ2v) is 7.37. The number of rotatable bonds is 5. The topological polar surface area (TPSA) is 29.1 Å². The van der Waals surface area contributed by atoms with E-state index in [2.05, 4.69) is 28.2 Å². The molecule has 1 aliphatic carbocycles. The van der Waals surface area contributed by atoms with Gasteiger partial charge in [0, 0.05) is 15.8 Å². The van der Waals surface area contributed by atoms with E-state index in [9.17, 15) is 4.79 Å². The minimum atomic E-state index is -0.0357. The Morgan fingerprint density at radius 2 is 2.20 bits per heavy atom. The van der Waals surface area contributed by atoms with Crippen LogP contribution in [0.1, 0.15) is 32.6 Å². The van der Waals surface area contributed by atoms with Crippen molar-refractivity contribution in [3.8, 4) is 0 Å². The van der Waals surface area contributed by atoms with E-state index >= 15 is 0 Å². The van der Waals surface area contributed by atoms with Crippen LogP contribution in [0.4, 0.5) is 0 Å². The van der Waals surface area contributed by atoms with Gasteiger partial charge in [-0.1, -0.05) is 53.9 Å². The highest BCUT2D eigenvalue weighted by atomic mass is 79.9. The van der Waals surface area contributed by atoms with Crippen LogP contribution in [0.5, 0.6) is 0 Å². The minimum absolute atomic E-state index is 0.0357. The SMILES string of the molecule is CC1CCCC(CBr)(NC(=O)CSc2ccccc2)C1. The third kappa shape index (κ3) is 4.52. The summed E-state index contributed by atoms with van der Waals surface area (Å²) >= 11 is 5.20. The molecule has 2 unspecified atom stereocenters. The van der Waals surface area contributed by atoms with E-state index in [1.807, 2.05) is 30.3 Å². The van der Waals surface area contributed by atoms with Gasteiger partial charge in [0.25, 0.3) is 0 Å². The zero-order valence-electron chi connectivity index (χ0n) is 11.9. The van der Waals surface area contributed by atoms with Gasteiger partial charge in [0.2, 0.25) is 5.91 Å². The molecule has 0 heterocycles. The van der Waals surface area contributed by atoms with Crippen LogP contribution in [0.25, 0.3) is 0 Å². The fourth-order valence-corrected chi connectivity index (χ4v) is 4.29. The third-order valence-corrected chi connectivity index (χ3v) is 5.95. The lowest BCUT2D eigenvalue weighted by molar-refractivity contribution is -0.120. The molecule has 0 aliphatic heterocycles. The Labute approximate surface area is 134 Å². The molecule has 0 bridgehead atoms. The minimum Gasteiger partial charge on any atom is -0.349 e. The molecule has 2 rings (SSSR count). The van der Waals surface area contributed by atoms with Gasteiger partial charge in [0.05, 0.1) is 5.75 Å². The quantitative estimate of drug-likeness (QED) is 0.632. The Balaban J connectivity index is 1.86. The van der Waals surface area contributed by atoms with Gasteiger partial charge in [-0.25, -0.2) is 0 Å². The molecule has 0 spiro atoms. The molecule has 1 aromatic carbocycles. The van der Waals surface area contributed by atoms with Crippen molar-refractivity contribution in [3.05, 3.63) is 30.3 Å². The molecule has 1 amide bonds. The maximum atomic E-state index is 12.2. The van der Waals surface area contributed by atoms with E-state index in [0.717, 1.165) is 23.1 Å². The van der Waals surface area contributed by atoms with E-state index in [4.69, 9.17) is 0 Å². The highest BCUT2D eigenvalue weighted by Gasteiger charge is 2.35. The predicted octanol–water partition coefficient (Wildman–Crippen LogP) is 4.24. The molecule has 110 valence electrons. The van der Waals surface area contributed by atoms with Crippen molar-refractivity contribution in [1.82, 2.24) is 5.32 Å². The zero-order chi connectivity index (χ0) is 14.4. The molecule has 2 nitrogen and oxygen atoms in total. The maximum Gasteiger partial charge on any atom is 0.230 e. The number of alkyl halides is 1. The predicted molar refractivity (Wildman–Crippen MR) is 89.5 cm³/mol. The Kier molecular flexibility index (Phi) is 5.97. The summed E-state index contributed by atoms with van der Waals surface area (Å²) < 4.78 is 0. The molecule has 0 saturated heterocycles. The first-order valence-electron chi connectivity index (χ1n) is 7.18. The number of halogens is 1. The fourth-order valence-electron chi connectivity index (χ4n) is 2.93. The fraction of sp³-hybridized carbons (Fsp3) is 0.562. The first kappa shape index (κ1) is 15.9.